The van der Waals surface area contributed by atoms with Crippen molar-refractivity contribution < 1.29 is 13.9 Å². The monoisotopic (exact) mass is 356 g/mol. The van der Waals surface area contributed by atoms with E-state index >= 15 is 0 Å². The zero-order valence-electron chi connectivity index (χ0n) is 13.3. The lowest BCUT2D eigenvalue weighted by molar-refractivity contribution is 0.102. The number of pyridine rings is 1. The molecule has 0 spiro atoms. The van der Waals surface area contributed by atoms with Gasteiger partial charge in [-0.3, -0.25) is 9.78 Å². The van der Waals surface area contributed by atoms with Crippen LogP contribution in [0.2, 0.25) is 5.02 Å². The zero-order valence-corrected chi connectivity index (χ0v) is 14.0. The normalized spacial score (nSPS) is 10.4. The molecule has 0 aliphatic rings. The van der Waals surface area contributed by atoms with Crippen LogP contribution in [0.1, 0.15) is 10.4 Å². The van der Waals surface area contributed by atoms with Crippen LogP contribution in [0.25, 0.3) is 11.3 Å². The van der Waals surface area contributed by atoms with Crippen LogP contribution in [-0.2, 0) is 0 Å². The summed E-state index contributed by atoms with van der Waals surface area (Å²) in [6.07, 6.45) is 1.47. The highest BCUT2D eigenvalue weighted by atomic mass is 35.5. The molecule has 1 N–H and O–H groups in total. The molecular weight excluding hydrogens is 343 g/mol. The third-order valence-electron chi connectivity index (χ3n) is 3.58. The summed E-state index contributed by atoms with van der Waals surface area (Å²) >= 11 is 6.04. The number of anilines is 1. The van der Waals surface area contributed by atoms with Gasteiger partial charge < -0.3 is 10.1 Å². The maximum atomic E-state index is 13.0. The molecule has 0 aliphatic carbocycles. The molecule has 4 nitrogen and oxygen atoms in total. The van der Waals surface area contributed by atoms with E-state index in [0.717, 1.165) is 5.56 Å². The Morgan fingerprint density at radius 2 is 1.88 bits per heavy atom. The first kappa shape index (κ1) is 16.9. The topological polar surface area (TPSA) is 51.2 Å². The van der Waals surface area contributed by atoms with Crippen molar-refractivity contribution in [2.75, 3.05) is 12.4 Å². The third kappa shape index (κ3) is 3.95. The van der Waals surface area contributed by atoms with Crippen LogP contribution in [0.3, 0.4) is 0 Å². The van der Waals surface area contributed by atoms with Gasteiger partial charge in [0.05, 0.1) is 23.4 Å². The quantitative estimate of drug-likeness (QED) is 0.730. The maximum Gasteiger partial charge on any atom is 0.257 e. The smallest absolute Gasteiger partial charge is 0.257 e. The highest BCUT2D eigenvalue weighted by molar-refractivity contribution is 6.32. The minimum absolute atomic E-state index is 0.306. The number of ether oxygens (including phenoxy) is 1. The molecule has 0 bridgehead atoms. The number of aromatic nitrogens is 1. The lowest BCUT2D eigenvalue weighted by Crippen LogP contribution is -2.12. The molecule has 0 atom stereocenters. The van der Waals surface area contributed by atoms with Crippen molar-refractivity contribution in [3.8, 4) is 17.0 Å². The lowest BCUT2D eigenvalue weighted by atomic mass is 10.1. The van der Waals surface area contributed by atoms with Gasteiger partial charge in [0.25, 0.3) is 5.91 Å². The van der Waals surface area contributed by atoms with Crippen LogP contribution < -0.4 is 10.1 Å². The van der Waals surface area contributed by atoms with Gasteiger partial charge in [-0.2, -0.15) is 0 Å². The predicted molar refractivity (Wildman–Crippen MR) is 95.6 cm³/mol. The van der Waals surface area contributed by atoms with E-state index in [4.69, 9.17) is 16.3 Å². The Hall–Kier alpha value is -2.92. The number of hydrogen-bond acceptors (Lipinski definition) is 3. The van der Waals surface area contributed by atoms with Gasteiger partial charge in [-0.25, -0.2) is 4.39 Å². The number of carbonyl (C=O) groups is 1. The molecule has 0 radical (unpaired) electrons. The van der Waals surface area contributed by atoms with Crippen molar-refractivity contribution in [1.29, 1.82) is 0 Å². The molecule has 0 aliphatic heterocycles. The molecule has 1 amide bonds. The van der Waals surface area contributed by atoms with E-state index in [1.165, 1.54) is 25.4 Å². The first-order chi connectivity index (χ1) is 12.1. The minimum atomic E-state index is -0.307. The average molecular weight is 357 g/mol. The lowest BCUT2D eigenvalue weighted by Gasteiger charge is -2.08. The first-order valence-corrected chi connectivity index (χ1v) is 7.81. The van der Waals surface area contributed by atoms with Gasteiger partial charge >= 0.3 is 0 Å². The van der Waals surface area contributed by atoms with Gasteiger partial charge in [-0.05, 0) is 54.6 Å². The molecule has 6 heteroatoms. The second kappa shape index (κ2) is 7.32. The number of nitrogens with zero attached hydrogens (tertiary/aromatic N) is 1. The minimum Gasteiger partial charge on any atom is -0.495 e. The zero-order chi connectivity index (χ0) is 17.8. The van der Waals surface area contributed by atoms with Crippen LogP contribution in [0.4, 0.5) is 10.1 Å². The number of rotatable bonds is 4. The molecule has 0 unspecified atom stereocenters. The second-order valence-electron chi connectivity index (χ2n) is 5.24. The number of hydrogen-bond donors (Lipinski definition) is 1. The summed E-state index contributed by atoms with van der Waals surface area (Å²) in [5.74, 6) is -0.0812. The van der Waals surface area contributed by atoms with Crippen LogP contribution in [0.5, 0.6) is 5.75 Å². The summed E-state index contributed by atoms with van der Waals surface area (Å²) in [7, 11) is 1.52. The van der Waals surface area contributed by atoms with E-state index in [1.807, 2.05) is 0 Å². The van der Waals surface area contributed by atoms with Gasteiger partial charge in [0.2, 0.25) is 0 Å². The van der Waals surface area contributed by atoms with Gasteiger partial charge in [0.15, 0.2) is 0 Å². The fourth-order valence-corrected chi connectivity index (χ4v) is 2.52. The summed E-state index contributed by atoms with van der Waals surface area (Å²) in [5.41, 5.74) is 2.38. The van der Waals surface area contributed by atoms with Gasteiger partial charge in [0.1, 0.15) is 11.6 Å². The largest absolute Gasteiger partial charge is 0.495 e. The fourth-order valence-electron chi connectivity index (χ4n) is 2.27. The standard InChI is InChI=1S/C19H14ClFN2O2/c1-25-18-9-7-15(10-16(18)20)23-19(24)13-4-8-17(22-11-13)12-2-5-14(21)6-3-12/h2-11H,1H3,(H,23,24). The van der Waals surface area contributed by atoms with Gasteiger partial charge in [0, 0.05) is 17.4 Å². The fraction of sp³-hybridized carbons (Fsp3) is 0.0526. The molecule has 0 saturated carbocycles. The van der Waals surface area contributed by atoms with E-state index in [-0.39, 0.29) is 11.7 Å². The van der Waals surface area contributed by atoms with Crippen molar-refractivity contribution in [3.63, 3.8) is 0 Å². The van der Waals surface area contributed by atoms with Crippen LogP contribution in [0.15, 0.2) is 60.8 Å². The predicted octanol–water partition coefficient (Wildman–Crippen LogP) is 4.80. The molecule has 1 aromatic heterocycles. The Morgan fingerprint density at radius 1 is 1.12 bits per heavy atom. The van der Waals surface area contributed by atoms with Crippen LogP contribution in [-0.4, -0.2) is 18.0 Å². The van der Waals surface area contributed by atoms with E-state index in [9.17, 15) is 9.18 Å². The Kier molecular flexibility index (Phi) is 4.95. The number of methoxy groups -OCH3 is 1. The third-order valence-corrected chi connectivity index (χ3v) is 3.87. The van der Waals surface area contributed by atoms with Crippen molar-refractivity contribution in [2.24, 2.45) is 0 Å². The average Bonchev–Trinajstić information content (AvgIpc) is 2.63. The van der Waals surface area contributed by atoms with Crippen molar-refractivity contribution >= 4 is 23.2 Å². The van der Waals surface area contributed by atoms with Crippen molar-refractivity contribution in [2.45, 2.75) is 0 Å². The molecule has 3 rings (SSSR count). The SMILES string of the molecule is COc1ccc(NC(=O)c2ccc(-c3ccc(F)cc3)nc2)cc1Cl. The second-order valence-corrected chi connectivity index (χ2v) is 5.65. The highest BCUT2D eigenvalue weighted by Crippen LogP contribution is 2.27. The number of carbonyl (C=O) groups excluding carboxylic acids is 1. The Bertz CT molecular complexity index is 896. The molecule has 25 heavy (non-hydrogen) atoms. The van der Waals surface area contributed by atoms with Crippen molar-refractivity contribution in [3.05, 3.63) is 77.2 Å². The molecule has 0 saturated heterocycles. The number of halogens is 2. The summed E-state index contributed by atoms with van der Waals surface area (Å²) in [6, 6.07) is 14.4. The van der Waals surface area contributed by atoms with Gasteiger partial charge in [-0.1, -0.05) is 11.6 Å². The molecule has 126 valence electrons. The molecule has 1 heterocycles. The maximum absolute atomic E-state index is 13.0. The Labute approximate surface area is 149 Å². The highest BCUT2D eigenvalue weighted by Gasteiger charge is 2.09. The van der Waals surface area contributed by atoms with E-state index < -0.39 is 0 Å². The first-order valence-electron chi connectivity index (χ1n) is 7.44. The van der Waals surface area contributed by atoms with Crippen LogP contribution in [0, 0.1) is 5.82 Å². The Morgan fingerprint density at radius 3 is 2.48 bits per heavy atom. The number of nitrogens with one attached hydrogen (secondary N) is 1. The summed E-state index contributed by atoms with van der Waals surface area (Å²) in [5, 5.41) is 3.16. The van der Waals surface area contributed by atoms with E-state index in [2.05, 4.69) is 10.3 Å². The number of amides is 1. The molecular formula is C19H14ClFN2O2. The van der Waals surface area contributed by atoms with E-state index in [0.29, 0.717) is 27.7 Å². The summed E-state index contributed by atoms with van der Waals surface area (Å²) < 4.78 is 18.0. The van der Waals surface area contributed by atoms with Crippen molar-refractivity contribution in [1.82, 2.24) is 4.98 Å². The van der Waals surface area contributed by atoms with Crippen LogP contribution >= 0.6 is 11.6 Å². The number of benzene rings is 2. The van der Waals surface area contributed by atoms with E-state index in [1.54, 1.807) is 42.5 Å². The Balaban J connectivity index is 1.74. The molecule has 2 aromatic carbocycles. The van der Waals surface area contributed by atoms with Gasteiger partial charge in [-0.15, -0.1) is 0 Å². The molecule has 3 aromatic rings. The summed E-state index contributed by atoms with van der Waals surface area (Å²) in [4.78, 5) is 16.6. The summed E-state index contributed by atoms with van der Waals surface area (Å²) in [6.45, 7) is 0. The molecule has 0 fully saturated rings.